The van der Waals surface area contributed by atoms with E-state index in [4.69, 9.17) is 14.3 Å². The average molecular weight is 751 g/mol. The highest BCUT2D eigenvalue weighted by Gasteiger charge is 2.43. The lowest BCUT2D eigenvalue weighted by Crippen LogP contribution is -2.54. The van der Waals surface area contributed by atoms with E-state index in [-0.39, 0.29) is 85.3 Å². The number of hydrogen-bond donors (Lipinski definition) is 0. The van der Waals surface area contributed by atoms with E-state index in [0.29, 0.717) is 24.4 Å². The lowest BCUT2D eigenvalue weighted by molar-refractivity contribution is -0.198. The van der Waals surface area contributed by atoms with Crippen LogP contribution in [0.25, 0.3) is 0 Å². The number of carbonyl (C=O) groups excluding carboxylic acids is 7. The minimum atomic E-state index is -0.843. The van der Waals surface area contributed by atoms with Crippen LogP contribution in [0.4, 0.5) is 0 Å². The number of likely N-dealkylation sites (N-methyl/N-ethyl adjacent to an activating group) is 2. The molecule has 0 spiro atoms. The van der Waals surface area contributed by atoms with E-state index in [1.807, 2.05) is 60.3 Å². The normalized spacial score (nSPS) is 20.4. The van der Waals surface area contributed by atoms with Gasteiger partial charge in [0, 0.05) is 65.3 Å². The highest BCUT2D eigenvalue weighted by Crippen LogP contribution is 2.31. The second-order valence-electron chi connectivity index (χ2n) is 15.6. The Morgan fingerprint density at radius 2 is 1.45 bits per heavy atom. The summed E-state index contributed by atoms with van der Waals surface area (Å²) in [5, 5.41) is 0.482. The minimum absolute atomic E-state index is 0.0250. The molecule has 2 rings (SSSR count). The molecule has 0 aromatic rings. The van der Waals surface area contributed by atoms with Gasteiger partial charge in [-0.2, -0.15) is 0 Å². The summed E-state index contributed by atoms with van der Waals surface area (Å²) in [5.74, 6) is -4.08. The number of amides is 4. The van der Waals surface area contributed by atoms with Crippen LogP contribution in [0.2, 0.25) is 0 Å². The minimum Gasteiger partial charge on any atom is -0.379 e. The zero-order chi connectivity index (χ0) is 40.3. The predicted molar refractivity (Wildman–Crippen MR) is 198 cm³/mol. The first kappa shape index (κ1) is 45.9. The summed E-state index contributed by atoms with van der Waals surface area (Å²) in [4.78, 5) is 102. The molecule has 14 nitrogen and oxygen atoms in total. The molecule has 53 heavy (non-hydrogen) atoms. The van der Waals surface area contributed by atoms with E-state index < -0.39 is 48.0 Å². The summed E-state index contributed by atoms with van der Waals surface area (Å²) in [5.41, 5.74) is 0. The molecule has 2 saturated heterocycles. The van der Waals surface area contributed by atoms with Crippen molar-refractivity contribution in [3.05, 3.63) is 0 Å². The van der Waals surface area contributed by atoms with Gasteiger partial charge in [0.25, 0.3) is 11.8 Å². The summed E-state index contributed by atoms with van der Waals surface area (Å²) in [7, 11) is 6.42. The molecule has 0 bridgehead atoms. The molecule has 0 N–H and O–H groups in total. The number of hydroxylamine groups is 2. The van der Waals surface area contributed by atoms with Gasteiger partial charge in [-0.15, -0.1) is 5.06 Å². The largest absolute Gasteiger partial charge is 0.379 e. The molecule has 4 amide bonds. The Morgan fingerprint density at radius 1 is 0.849 bits per heavy atom. The number of carbonyl (C=O) groups is 7. The molecule has 0 aromatic carbocycles. The third-order valence-electron chi connectivity index (χ3n) is 11.3. The van der Waals surface area contributed by atoms with Crippen LogP contribution < -0.4 is 0 Å². The van der Waals surface area contributed by atoms with Gasteiger partial charge in [0.05, 0.1) is 43.3 Å². The summed E-state index contributed by atoms with van der Waals surface area (Å²) in [6, 6.07) is -1.47. The van der Waals surface area contributed by atoms with Crippen molar-refractivity contribution in [3.63, 3.8) is 0 Å². The van der Waals surface area contributed by atoms with Crippen LogP contribution in [-0.4, -0.2) is 133 Å². The molecule has 2 aliphatic heterocycles. The van der Waals surface area contributed by atoms with Crippen molar-refractivity contribution < 1.29 is 47.9 Å². The molecule has 0 saturated carbocycles. The first-order valence-electron chi connectivity index (χ1n) is 19.3. The Bertz CT molecular complexity index is 1290. The van der Waals surface area contributed by atoms with E-state index in [1.165, 1.54) is 4.90 Å². The topological polar surface area (TPSA) is 160 Å². The summed E-state index contributed by atoms with van der Waals surface area (Å²) in [6.07, 6.45) is 1.46. The van der Waals surface area contributed by atoms with Gasteiger partial charge in [0.1, 0.15) is 5.78 Å². The van der Waals surface area contributed by atoms with Gasteiger partial charge in [-0.05, 0) is 37.6 Å². The molecule has 302 valence electrons. The van der Waals surface area contributed by atoms with Crippen molar-refractivity contribution in [1.82, 2.24) is 19.8 Å². The lowest BCUT2D eigenvalue weighted by Gasteiger charge is -2.41. The number of rotatable bonds is 22. The highest BCUT2D eigenvalue weighted by atomic mass is 16.7. The zero-order valence-corrected chi connectivity index (χ0v) is 34.2. The molecule has 8 atom stereocenters. The van der Waals surface area contributed by atoms with E-state index in [9.17, 15) is 33.6 Å². The molecule has 0 radical (unpaired) electrons. The molecule has 2 aliphatic rings. The molecular formula is C39H66N4O10. The fourth-order valence-electron chi connectivity index (χ4n) is 8.09. The molecule has 14 heteroatoms. The van der Waals surface area contributed by atoms with E-state index in [0.717, 1.165) is 12.8 Å². The second-order valence-corrected chi connectivity index (χ2v) is 15.6. The van der Waals surface area contributed by atoms with Crippen LogP contribution in [0.3, 0.4) is 0 Å². The Hall–Kier alpha value is -3.23. The van der Waals surface area contributed by atoms with E-state index in [2.05, 4.69) is 0 Å². The lowest BCUT2D eigenvalue weighted by atomic mass is 9.83. The molecular weight excluding hydrogens is 684 g/mol. The number of Topliss-reactive ketones (excluding diaryl/α,β-unsaturated/α-hetero) is 2. The van der Waals surface area contributed by atoms with Gasteiger partial charge in [0.2, 0.25) is 11.8 Å². The number of imide groups is 1. The third-order valence-corrected chi connectivity index (χ3v) is 11.3. The quantitative estimate of drug-likeness (QED) is 0.149. The first-order chi connectivity index (χ1) is 24.9. The van der Waals surface area contributed by atoms with Gasteiger partial charge in [0.15, 0.2) is 5.78 Å². The Labute approximate surface area is 316 Å². The Morgan fingerprint density at radius 3 is 1.94 bits per heavy atom. The van der Waals surface area contributed by atoms with Crippen LogP contribution in [0.15, 0.2) is 0 Å². The van der Waals surface area contributed by atoms with Crippen LogP contribution in [0.5, 0.6) is 0 Å². The predicted octanol–water partition coefficient (Wildman–Crippen LogP) is 3.68. The smallest absolute Gasteiger partial charge is 0.347 e. The maximum Gasteiger partial charge on any atom is 0.347 e. The summed E-state index contributed by atoms with van der Waals surface area (Å²) in [6.45, 7) is 15.4. The maximum absolute atomic E-state index is 14.4. The fourth-order valence-corrected chi connectivity index (χ4v) is 8.09. The number of likely N-dealkylation sites (tertiary alicyclic amines) is 1. The average Bonchev–Trinajstić information content (AvgIpc) is 3.71. The van der Waals surface area contributed by atoms with Crippen molar-refractivity contribution >= 4 is 41.2 Å². The van der Waals surface area contributed by atoms with E-state index in [1.54, 1.807) is 33.2 Å². The summed E-state index contributed by atoms with van der Waals surface area (Å²) < 4.78 is 11.8. The van der Waals surface area contributed by atoms with Crippen LogP contribution >= 0.6 is 0 Å². The van der Waals surface area contributed by atoms with E-state index >= 15 is 0 Å². The molecule has 0 aromatic heterocycles. The van der Waals surface area contributed by atoms with Gasteiger partial charge in [-0.3, -0.25) is 33.7 Å². The van der Waals surface area contributed by atoms with Crippen LogP contribution in [0.1, 0.15) is 107 Å². The van der Waals surface area contributed by atoms with Crippen molar-refractivity contribution in [1.29, 1.82) is 0 Å². The number of hydrogen-bond acceptors (Lipinski definition) is 11. The molecule has 1 unspecified atom stereocenters. The van der Waals surface area contributed by atoms with Gasteiger partial charge < -0.3 is 24.1 Å². The summed E-state index contributed by atoms with van der Waals surface area (Å²) >= 11 is 0. The number of ether oxygens (including phenoxy) is 2. The maximum atomic E-state index is 14.4. The van der Waals surface area contributed by atoms with Gasteiger partial charge in [-0.25, -0.2) is 4.79 Å². The second kappa shape index (κ2) is 21.0. The SMILES string of the molecule is CCC(=O)[C@H](C)[C@@H](OC)[C@@H]1CCCN1C(=O)C[C@@H](OC)C([C@@H](C)CC)N(C)C(=O)[C@@H](CC(=O)[C@H](C(C)C)N(C)CC(=O)ON1C(=O)CCC1=O)C(C)C. The van der Waals surface area contributed by atoms with Crippen molar-refractivity contribution in [2.45, 2.75) is 137 Å². The number of ketones is 2. The first-order valence-corrected chi connectivity index (χ1v) is 19.3. The number of nitrogens with zero attached hydrogens (tertiary/aromatic N) is 4. The van der Waals surface area contributed by atoms with Crippen LogP contribution in [-0.2, 0) is 47.9 Å². The van der Waals surface area contributed by atoms with Gasteiger partial charge in [-0.1, -0.05) is 61.8 Å². The monoisotopic (exact) mass is 750 g/mol. The van der Waals surface area contributed by atoms with Crippen molar-refractivity contribution in [2.24, 2.45) is 29.6 Å². The molecule has 0 aliphatic carbocycles. The Kier molecular flexibility index (Phi) is 18.2. The standard InChI is InChI=1S/C39H66N4O10/c1-13-25(7)37(31(51-11)21-34(48)42-19-15-16-28(42)38(52-12)26(8)29(44)14-2)41(10)39(50)27(23(3)4)20-30(45)36(24(5)6)40(9)22-35(49)53-43-32(46)17-18-33(43)47/h23-28,31,36-38H,13-22H2,1-12H3/t25-,26-,27-,28-,31+,36-,37?,38+/m0/s1. The van der Waals surface area contributed by atoms with Crippen LogP contribution in [0, 0.1) is 29.6 Å². The van der Waals surface area contributed by atoms with Crippen molar-refractivity contribution in [2.75, 3.05) is 41.4 Å². The fraction of sp³-hybridized carbons (Fsp3) is 0.821. The highest BCUT2D eigenvalue weighted by molar-refractivity contribution is 6.01. The zero-order valence-electron chi connectivity index (χ0n) is 34.2. The molecule has 2 fully saturated rings. The van der Waals surface area contributed by atoms with Crippen molar-refractivity contribution in [3.8, 4) is 0 Å². The van der Waals surface area contributed by atoms with Gasteiger partial charge >= 0.3 is 5.97 Å². The third kappa shape index (κ3) is 11.6. The number of methoxy groups -OCH3 is 2. The Balaban J connectivity index is 2.26. The molecule has 2 heterocycles.